The third kappa shape index (κ3) is 2.27. The fourth-order valence-electron chi connectivity index (χ4n) is 2.40. The quantitative estimate of drug-likeness (QED) is 0.833. The molecule has 2 aromatic rings. The van der Waals surface area contributed by atoms with E-state index in [-0.39, 0.29) is 11.9 Å². The zero-order chi connectivity index (χ0) is 14.1. The molecule has 0 saturated heterocycles. The number of carbonyl (C=O) groups is 1. The molecular weight excluding hydrogens is 252 g/mol. The monoisotopic (exact) mass is 268 g/mol. The fraction of sp³-hybridized carbons (Fsp3) is 0.235. The highest BCUT2D eigenvalue weighted by Gasteiger charge is 2.27. The first-order valence-corrected chi connectivity index (χ1v) is 6.62. The van der Waals surface area contributed by atoms with Crippen LogP contribution in [0.4, 0.5) is 0 Å². The van der Waals surface area contributed by atoms with Crippen LogP contribution in [0.2, 0.25) is 0 Å². The summed E-state index contributed by atoms with van der Waals surface area (Å²) in [5.74, 6) is 1.41. The Kier molecular flexibility index (Phi) is 3.18. The molecule has 0 amide bonds. The fourth-order valence-corrected chi connectivity index (χ4v) is 2.40. The van der Waals surface area contributed by atoms with Crippen LogP contribution in [0.5, 0.6) is 11.5 Å². The number of rotatable bonds is 2. The highest BCUT2D eigenvalue weighted by atomic mass is 16.5. The maximum absolute atomic E-state index is 12.2. The first-order valence-electron chi connectivity index (χ1n) is 6.62. The van der Waals surface area contributed by atoms with Gasteiger partial charge < -0.3 is 9.47 Å². The van der Waals surface area contributed by atoms with Crippen LogP contribution in [0.3, 0.4) is 0 Å². The van der Waals surface area contributed by atoms with Gasteiger partial charge in [0.2, 0.25) is 0 Å². The van der Waals surface area contributed by atoms with Gasteiger partial charge in [0, 0.05) is 6.07 Å². The van der Waals surface area contributed by atoms with Gasteiger partial charge in [-0.3, -0.25) is 4.79 Å². The van der Waals surface area contributed by atoms with Crippen molar-refractivity contribution in [3.8, 4) is 11.5 Å². The van der Waals surface area contributed by atoms with Crippen LogP contribution in [-0.2, 0) is 0 Å². The number of benzene rings is 2. The number of ether oxygens (including phenoxy) is 2. The Labute approximate surface area is 118 Å². The number of ketones is 1. The van der Waals surface area contributed by atoms with Crippen LogP contribution < -0.4 is 9.47 Å². The molecule has 0 saturated carbocycles. The van der Waals surface area contributed by atoms with Crippen molar-refractivity contribution in [3.63, 3.8) is 0 Å². The average Bonchev–Trinajstić information content (AvgIpc) is 2.47. The molecule has 2 aromatic carbocycles. The van der Waals surface area contributed by atoms with Gasteiger partial charge in [0.15, 0.2) is 5.78 Å². The predicted octanol–water partition coefficient (Wildman–Crippen LogP) is 3.71. The van der Waals surface area contributed by atoms with E-state index in [0.717, 1.165) is 5.56 Å². The molecule has 102 valence electrons. The largest absolute Gasteiger partial charge is 0.497 e. The Morgan fingerprint density at radius 1 is 1.15 bits per heavy atom. The second-order valence-corrected chi connectivity index (χ2v) is 5.01. The van der Waals surface area contributed by atoms with E-state index in [2.05, 4.69) is 0 Å². The number of carbonyl (C=O) groups excluding carboxylic acids is 1. The van der Waals surface area contributed by atoms with Gasteiger partial charge in [-0.1, -0.05) is 29.8 Å². The van der Waals surface area contributed by atoms with E-state index in [4.69, 9.17) is 9.47 Å². The van der Waals surface area contributed by atoms with Crippen LogP contribution in [0.15, 0.2) is 42.5 Å². The summed E-state index contributed by atoms with van der Waals surface area (Å²) in [6.45, 7) is 2.04. The van der Waals surface area contributed by atoms with Gasteiger partial charge in [-0.05, 0) is 24.6 Å². The molecular formula is C17H16O3. The molecule has 1 aliphatic rings. The summed E-state index contributed by atoms with van der Waals surface area (Å²) in [4.78, 5) is 12.2. The lowest BCUT2D eigenvalue weighted by atomic mass is 9.96. The molecule has 0 fully saturated rings. The standard InChI is InChI=1S/C17H16O3/c1-11-3-5-12(6-4-11)16-10-15(18)14-8-7-13(19-2)9-17(14)20-16/h3-9,16H,10H2,1-2H3/t16-/m1/s1. The maximum atomic E-state index is 12.2. The van der Waals surface area contributed by atoms with Crippen molar-refractivity contribution in [2.45, 2.75) is 19.4 Å². The van der Waals surface area contributed by atoms with Crippen molar-refractivity contribution in [2.24, 2.45) is 0 Å². The van der Waals surface area contributed by atoms with Gasteiger partial charge in [-0.2, -0.15) is 0 Å². The van der Waals surface area contributed by atoms with E-state index in [0.29, 0.717) is 23.5 Å². The summed E-state index contributed by atoms with van der Waals surface area (Å²) in [5.41, 5.74) is 2.85. The first-order chi connectivity index (χ1) is 9.67. The molecule has 0 spiro atoms. The summed E-state index contributed by atoms with van der Waals surface area (Å²) in [5, 5.41) is 0. The summed E-state index contributed by atoms with van der Waals surface area (Å²) in [6, 6.07) is 13.4. The smallest absolute Gasteiger partial charge is 0.170 e. The summed E-state index contributed by atoms with van der Waals surface area (Å²) >= 11 is 0. The first kappa shape index (κ1) is 12.7. The number of aryl methyl sites for hydroxylation is 1. The third-order valence-corrected chi connectivity index (χ3v) is 3.58. The molecule has 0 radical (unpaired) electrons. The molecule has 1 heterocycles. The minimum Gasteiger partial charge on any atom is -0.497 e. The van der Waals surface area contributed by atoms with Crippen molar-refractivity contribution in [2.75, 3.05) is 7.11 Å². The number of fused-ring (bicyclic) bond motifs is 1. The molecule has 0 unspecified atom stereocenters. The number of hydrogen-bond donors (Lipinski definition) is 0. The lowest BCUT2D eigenvalue weighted by Crippen LogP contribution is -2.20. The second-order valence-electron chi connectivity index (χ2n) is 5.01. The highest BCUT2D eigenvalue weighted by molar-refractivity contribution is 6.00. The van der Waals surface area contributed by atoms with E-state index >= 15 is 0 Å². The molecule has 20 heavy (non-hydrogen) atoms. The number of Topliss-reactive ketones (excluding diaryl/α,β-unsaturated/α-hetero) is 1. The van der Waals surface area contributed by atoms with Crippen molar-refractivity contribution >= 4 is 5.78 Å². The van der Waals surface area contributed by atoms with Crippen LogP contribution >= 0.6 is 0 Å². The molecule has 1 aliphatic heterocycles. The van der Waals surface area contributed by atoms with E-state index in [1.807, 2.05) is 31.2 Å². The van der Waals surface area contributed by atoms with E-state index in [9.17, 15) is 4.79 Å². The SMILES string of the molecule is COc1ccc2c(c1)O[C@@H](c1ccc(C)cc1)CC2=O. The molecule has 1 atom stereocenters. The summed E-state index contributed by atoms with van der Waals surface area (Å²) in [7, 11) is 1.60. The second kappa shape index (κ2) is 5.00. The van der Waals surface area contributed by atoms with Gasteiger partial charge in [-0.25, -0.2) is 0 Å². The van der Waals surface area contributed by atoms with Gasteiger partial charge >= 0.3 is 0 Å². The van der Waals surface area contributed by atoms with Crippen molar-refractivity contribution < 1.29 is 14.3 Å². The summed E-state index contributed by atoms with van der Waals surface area (Å²) in [6.07, 6.45) is 0.158. The van der Waals surface area contributed by atoms with Crippen LogP contribution in [-0.4, -0.2) is 12.9 Å². The van der Waals surface area contributed by atoms with Crippen LogP contribution in [0.1, 0.15) is 34.0 Å². The van der Waals surface area contributed by atoms with E-state index < -0.39 is 0 Å². The Morgan fingerprint density at radius 3 is 2.60 bits per heavy atom. The lowest BCUT2D eigenvalue weighted by Gasteiger charge is -2.26. The van der Waals surface area contributed by atoms with E-state index in [1.54, 1.807) is 25.3 Å². The molecule has 0 aromatic heterocycles. The van der Waals surface area contributed by atoms with Gasteiger partial charge in [0.25, 0.3) is 0 Å². The number of methoxy groups -OCH3 is 1. The maximum Gasteiger partial charge on any atom is 0.170 e. The Bertz CT molecular complexity index is 644. The van der Waals surface area contributed by atoms with E-state index in [1.165, 1.54) is 5.56 Å². The zero-order valence-corrected chi connectivity index (χ0v) is 11.6. The van der Waals surface area contributed by atoms with Gasteiger partial charge in [-0.15, -0.1) is 0 Å². The third-order valence-electron chi connectivity index (χ3n) is 3.58. The Balaban J connectivity index is 1.94. The summed E-state index contributed by atoms with van der Waals surface area (Å²) < 4.78 is 11.2. The van der Waals surface area contributed by atoms with Crippen molar-refractivity contribution in [3.05, 3.63) is 59.2 Å². The minimum atomic E-state index is -0.220. The minimum absolute atomic E-state index is 0.111. The van der Waals surface area contributed by atoms with Crippen molar-refractivity contribution in [1.82, 2.24) is 0 Å². The normalized spacial score (nSPS) is 17.3. The predicted molar refractivity (Wildman–Crippen MR) is 76.5 cm³/mol. The molecule has 0 N–H and O–H groups in total. The zero-order valence-electron chi connectivity index (χ0n) is 11.6. The Hall–Kier alpha value is -2.29. The topological polar surface area (TPSA) is 35.5 Å². The highest BCUT2D eigenvalue weighted by Crippen LogP contribution is 2.36. The average molecular weight is 268 g/mol. The number of hydrogen-bond acceptors (Lipinski definition) is 3. The molecule has 3 rings (SSSR count). The Morgan fingerprint density at radius 2 is 1.90 bits per heavy atom. The molecule has 3 nitrogen and oxygen atoms in total. The molecule has 0 aliphatic carbocycles. The van der Waals surface area contributed by atoms with Crippen molar-refractivity contribution in [1.29, 1.82) is 0 Å². The lowest BCUT2D eigenvalue weighted by molar-refractivity contribution is 0.0849. The van der Waals surface area contributed by atoms with Gasteiger partial charge in [0.05, 0.1) is 19.1 Å². The molecule has 0 bridgehead atoms. The molecule has 3 heteroatoms. The van der Waals surface area contributed by atoms with Crippen LogP contribution in [0.25, 0.3) is 0 Å². The van der Waals surface area contributed by atoms with Crippen LogP contribution in [0, 0.1) is 6.92 Å². The van der Waals surface area contributed by atoms with Gasteiger partial charge in [0.1, 0.15) is 17.6 Å².